The number of aliphatic imine (C=N–C) groups is 1. The third kappa shape index (κ3) is 3.04. The van der Waals surface area contributed by atoms with Gasteiger partial charge in [-0.1, -0.05) is 24.1 Å². The van der Waals surface area contributed by atoms with Crippen molar-refractivity contribution < 1.29 is 4.39 Å². The number of nitrogens with zero attached hydrogens (tertiary/aromatic N) is 1. The molecular formula is C15H16FN. The number of hydrogen-bond acceptors (Lipinski definition) is 1. The van der Waals surface area contributed by atoms with Crippen molar-refractivity contribution in [3.63, 3.8) is 0 Å². The molecule has 0 N–H and O–H groups in total. The summed E-state index contributed by atoms with van der Waals surface area (Å²) in [4.78, 5) is 3.94. The molecule has 0 fully saturated rings. The number of aryl methyl sites for hydroxylation is 1. The molecule has 0 saturated heterocycles. The Hall–Kier alpha value is -1.88. The van der Waals surface area contributed by atoms with E-state index in [-0.39, 0.29) is 5.82 Å². The summed E-state index contributed by atoms with van der Waals surface area (Å²) in [7, 11) is 0. The maximum absolute atomic E-state index is 13.5. The summed E-state index contributed by atoms with van der Waals surface area (Å²) >= 11 is 0. The summed E-state index contributed by atoms with van der Waals surface area (Å²) in [6, 6.07) is 7.43. The maximum atomic E-state index is 13.5. The molecule has 0 heterocycles. The molecule has 0 amide bonds. The van der Waals surface area contributed by atoms with E-state index in [4.69, 9.17) is 6.42 Å². The molecule has 0 aromatic heterocycles. The van der Waals surface area contributed by atoms with Crippen LogP contribution in [0.25, 0.3) is 5.57 Å². The van der Waals surface area contributed by atoms with E-state index in [1.165, 1.54) is 6.07 Å². The Morgan fingerprint density at radius 1 is 1.29 bits per heavy atom. The van der Waals surface area contributed by atoms with E-state index in [0.29, 0.717) is 5.56 Å². The van der Waals surface area contributed by atoms with E-state index in [0.717, 1.165) is 22.4 Å². The zero-order valence-electron chi connectivity index (χ0n) is 10.6. The van der Waals surface area contributed by atoms with Crippen molar-refractivity contribution >= 4 is 11.3 Å². The zero-order valence-corrected chi connectivity index (χ0v) is 10.6. The molecule has 0 bridgehead atoms. The highest BCUT2D eigenvalue weighted by molar-refractivity contribution is 6.23. The Labute approximate surface area is 102 Å². The molecule has 0 aliphatic carbocycles. The minimum atomic E-state index is -0.213. The second kappa shape index (κ2) is 5.45. The van der Waals surface area contributed by atoms with Gasteiger partial charge in [0.1, 0.15) is 5.82 Å². The molecular weight excluding hydrogens is 213 g/mol. The molecule has 0 radical (unpaired) electrons. The fourth-order valence-electron chi connectivity index (χ4n) is 1.76. The van der Waals surface area contributed by atoms with Crippen molar-refractivity contribution in [1.29, 1.82) is 0 Å². The Bertz CT molecular complexity index is 526. The smallest absolute Gasteiger partial charge is 0.126 e. The maximum Gasteiger partial charge on any atom is 0.126 e. The predicted octanol–water partition coefficient (Wildman–Crippen LogP) is 3.98. The number of terminal acetylenes is 1. The van der Waals surface area contributed by atoms with Gasteiger partial charge in [-0.3, -0.25) is 0 Å². The highest BCUT2D eigenvalue weighted by atomic mass is 19.1. The summed E-state index contributed by atoms with van der Waals surface area (Å²) in [6.45, 7) is 7.49. The van der Waals surface area contributed by atoms with Crippen LogP contribution in [-0.2, 0) is 0 Å². The van der Waals surface area contributed by atoms with Crippen LogP contribution >= 0.6 is 0 Å². The van der Waals surface area contributed by atoms with Crippen molar-refractivity contribution in [3.05, 3.63) is 40.7 Å². The molecule has 2 heteroatoms. The Morgan fingerprint density at radius 2 is 1.94 bits per heavy atom. The molecule has 0 unspecified atom stereocenters. The molecule has 1 nitrogen and oxygen atoms in total. The highest BCUT2D eigenvalue weighted by Gasteiger charge is 2.09. The van der Waals surface area contributed by atoms with Crippen LogP contribution < -0.4 is 0 Å². The topological polar surface area (TPSA) is 12.4 Å². The number of benzene rings is 1. The van der Waals surface area contributed by atoms with Gasteiger partial charge in [0.05, 0.1) is 5.71 Å². The first-order chi connectivity index (χ1) is 7.97. The molecule has 0 atom stereocenters. The molecule has 0 spiro atoms. The van der Waals surface area contributed by atoms with Crippen molar-refractivity contribution in [2.45, 2.75) is 27.7 Å². The van der Waals surface area contributed by atoms with E-state index in [1.807, 2.05) is 26.8 Å². The molecule has 1 aromatic carbocycles. The fraction of sp³-hybridized carbons (Fsp3) is 0.267. The van der Waals surface area contributed by atoms with Crippen LogP contribution in [0.15, 0.2) is 28.8 Å². The van der Waals surface area contributed by atoms with E-state index >= 15 is 0 Å². The van der Waals surface area contributed by atoms with Crippen LogP contribution in [-0.4, -0.2) is 5.71 Å². The quantitative estimate of drug-likeness (QED) is 0.537. The Morgan fingerprint density at radius 3 is 2.41 bits per heavy atom. The Balaban J connectivity index is 3.37. The van der Waals surface area contributed by atoms with Gasteiger partial charge in [0.15, 0.2) is 0 Å². The van der Waals surface area contributed by atoms with Crippen LogP contribution in [0, 0.1) is 25.2 Å². The summed E-state index contributed by atoms with van der Waals surface area (Å²) in [5.74, 6) is -0.213. The summed E-state index contributed by atoms with van der Waals surface area (Å²) < 4.78 is 13.5. The zero-order chi connectivity index (χ0) is 13.0. The molecule has 0 saturated carbocycles. The van der Waals surface area contributed by atoms with Crippen LogP contribution in [0.1, 0.15) is 31.9 Å². The minimum Gasteiger partial charge on any atom is -0.207 e. The van der Waals surface area contributed by atoms with Gasteiger partial charge in [0.25, 0.3) is 0 Å². The standard InChI is InChI=1S/C15H16FN/c1-6-17-12(5)15(10(2)3)13-8-7-11(4)14(16)9-13/h1,7-9H,2-5H3. The van der Waals surface area contributed by atoms with Crippen LogP contribution in [0.4, 0.5) is 4.39 Å². The largest absolute Gasteiger partial charge is 0.207 e. The second-order valence-corrected chi connectivity index (χ2v) is 4.17. The number of allylic oxidation sites excluding steroid dienone is 2. The van der Waals surface area contributed by atoms with E-state index < -0.39 is 0 Å². The fourth-order valence-corrected chi connectivity index (χ4v) is 1.76. The lowest BCUT2D eigenvalue weighted by atomic mass is 9.96. The van der Waals surface area contributed by atoms with Crippen LogP contribution in [0.2, 0.25) is 0 Å². The van der Waals surface area contributed by atoms with Gasteiger partial charge in [-0.25, -0.2) is 9.38 Å². The summed E-state index contributed by atoms with van der Waals surface area (Å²) in [5.41, 5.74) is 4.14. The van der Waals surface area contributed by atoms with E-state index in [9.17, 15) is 4.39 Å². The SMILES string of the molecule is C#CN=C(C)C(=C(C)C)c1ccc(C)c(F)c1. The minimum absolute atomic E-state index is 0.213. The van der Waals surface area contributed by atoms with Crippen LogP contribution in [0.5, 0.6) is 0 Å². The molecule has 1 aromatic rings. The van der Waals surface area contributed by atoms with Gasteiger partial charge in [0.2, 0.25) is 0 Å². The second-order valence-electron chi connectivity index (χ2n) is 4.17. The number of rotatable bonds is 2. The van der Waals surface area contributed by atoms with Gasteiger partial charge >= 0.3 is 0 Å². The van der Waals surface area contributed by atoms with Gasteiger partial charge in [-0.05, 0) is 44.9 Å². The van der Waals surface area contributed by atoms with Crippen molar-refractivity contribution in [1.82, 2.24) is 0 Å². The van der Waals surface area contributed by atoms with Crippen molar-refractivity contribution in [2.24, 2.45) is 4.99 Å². The third-order valence-electron chi connectivity index (χ3n) is 2.55. The van der Waals surface area contributed by atoms with Gasteiger partial charge in [-0.2, -0.15) is 0 Å². The first-order valence-corrected chi connectivity index (χ1v) is 5.41. The first kappa shape index (κ1) is 13.2. The van der Waals surface area contributed by atoms with Gasteiger partial charge in [0, 0.05) is 11.6 Å². The molecule has 88 valence electrons. The Kier molecular flexibility index (Phi) is 4.23. The summed E-state index contributed by atoms with van der Waals surface area (Å²) in [5, 5.41) is 0. The lowest BCUT2D eigenvalue weighted by molar-refractivity contribution is 0.618. The van der Waals surface area contributed by atoms with Crippen molar-refractivity contribution in [3.8, 4) is 12.5 Å². The third-order valence-corrected chi connectivity index (χ3v) is 2.55. The van der Waals surface area contributed by atoms with Gasteiger partial charge < -0.3 is 0 Å². The normalized spacial score (nSPS) is 10.9. The molecule has 0 aliphatic rings. The molecule has 1 rings (SSSR count). The van der Waals surface area contributed by atoms with E-state index in [1.54, 1.807) is 13.0 Å². The average molecular weight is 229 g/mol. The van der Waals surface area contributed by atoms with Crippen LogP contribution in [0.3, 0.4) is 0 Å². The monoisotopic (exact) mass is 229 g/mol. The average Bonchev–Trinajstić information content (AvgIpc) is 2.23. The van der Waals surface area contributed by atoms with Gasteiger partial charge in [-0.15, -0.1) is 0 Å². The van der Waals surface area contributed by atoms with Crippen molar-refractivity contribution in [2.75, 3.05) is 0 Å². The molecule has 17 heavy (non-hydrogen) atoms. The predicted molar refractivity (Wildman–Crippen MR) is 71.3 cm³/mol. The summed E-state index contributed by atoms with van der Waals surface area (Å²) in [6.07, 6.45) is 5.17. The number of hydrogen-bond donors (Lipinski definition) is 0. The molecule has 0 aliphatic heterocycles. The number of halogens is 1. The highest BCUT2D eigenvalue weighted by Crippen LogP contribution is 2.22. The lowest BCUT2D eigenvalue weighted by Crippen LogP contribution is -2.00. The first-order valence-electron chi connectivity index (χ1n) is 5.41. The lowest BCUT2D eigenvalue weighted by Gasteiger charge is -2.10. The van der Waals surface area contributed by atoms with E-state index in [2.05, 4.69) is 11.0 Å².